The monoisotopic (exact) mass is 216 g/mol. The lowest BCUT2D eigenvalue weighted by atomic mass is 9.78. The lowest BCUT2D eigenvalue weighted by Gasteiger charge is -2.38. The van der Waals surface area contributed by atoms with Crippen molar-refractivity contribution in [3.63, 3.8) is 0 Å². The van der Waals surface area contributed by atoms with Gasteiger partial charge < -0.3 is 11.1 Å². The van der Waals surface area contributed by atoms with Gasteiger partial charge in [0.15, 0.2) is 0 Å². The molecule has 0 radical (unpaired) electrons. The van der Waals surface area contributed by atoms with Gasteiger partial charge in [0.05, 0.1) is 5.56 Å². The summed E-state index contributed by atoms with van der Waals surface area (Å²) < 4.78 is 0. The molecule has 1 saturated carbocycles. The number of anilines is 1. The maximum absolute atomic E-state index is 9.04. The first-order chi connectivity index (χ1) is 7.64. The average molecular weight is 216 g/mol. The first-order valence-corrected chi connectivity index (χ1v) is 5.53. The predicted octanol–water partition coefficient (Wildman–Crippen LogP) is 1.55. The fourth-order valence-corrected chi connectivity index (χ4v) is 1.90. The number of nitrogens with two attached hydrogens (primary N) is 1. The number of hydrogen-bond donors (Lipinski definition) is 2. The van der Waals surface area contributed by atoms with Crippen molar-refractivity contribution in [2.75, 3.05) is 11.9 Å². The second kappa shape index (κ2) is 4.11. The molecule has 84 valence electrons. The van der Waals surface area contributed by atoms with Crippen molar-refractivity contribution in [3.8, 4) is 6.07 Å². The van der Waals surface area contributed by atoms with E-state index >= 15 is 0 Å². The van der Waals surface area contributed by atoms with Crippen molar-refractivity contribution < 1.29 is 0 Å². The molecule has 0 amide bonds. The number of aryl methyl sites for hydroxylation is 1. The highest BCUT2D eigenvalue weighted by molar-refractivity contribution is 5.55. The van der Waals surface area contributed by atoms with Gasteiger partial charge in [0.1, 0.15) is 11.9 Å². The van der Waals surface area contributed by atoms with Crippen LogP contribution in [0, 0.1) is 18.3 Å². The molecule has 0 saturated heterocycles. The van der Waals surface area contributed by atoms with Gasteiger partial charge in [0, 0.05) is 18.3 Å². The van der Waals surface area contributed by atoms with Gasteiger partial charge in [-0.1, -0.05) is 0 Å². The molecule has 1 aromatic rings. The average Bonchev–Trinajstić information content (AvgIpc) is 2.24. The van der Waals surface area contributed by atoms with Gasteiger partial charge in [-0.25, -0.2) is 4.98 Å². The quantitative estimate of drug-likeness (QED) is 0.804. The molecule has 4 nitrogen and oxygen atoms in total. The van der Waals surface area contributed by atoms with Crippen LogP contribution in [0.25, 0.3) is 0 Å². The molecule has 1 aliphatic rings. The first-order valence-electron chi connectivity index (χ1n) is 5.53. The van der Waals surface area contributed by atoms with E-state index < -0.39 is 0 Å². The summed E-state index contributed by atoms with van der Waals surface area (Å²) in [5.41, 5.74) is 7.57. The summed E-state index contributed by atoms with van der Waals surface area (Å²) in [6.07, 6.45) is 5.01. The van der Waals surface area contributed by atoms with Crippen molar-refractivity contribution in [1.82, 2.24) is 4.98 Å². The zero-order valence-corrected chi connectivity index (χ0v) is 9.45. The van der Waals surface area contributed by atoms with Crippen LogP contribution in [0.15, 0.2) is 12.3 Å². The molecule has 0 spiro atoms. The molecule has 0 atom stereocenters. The molecule has 0 aliphatic heterocycles. The van der Waals surface area contributed by atoms with E-state index in [0.29, 0.717) is 17.9 Å². The summed E-state index contributed by atoms with van der Waals surface area (Å²) in [6, 6.07) is 4.01. The van der Waals surface area contributed by atoms with E-state index in [2.05, 4.69) is 16.4 Å². The van der Waals surface area contributed by atoms with E-state index in [9.17, 15) is 0 Å². The minimum atomic E-state index is -0.0991. The van der Waals surface area contributed by atoms with E-state index in [0.717, 1.165) is 18.4 Å². The Morgan fingerprint density at radius 1 is 1.62 bits per heavy atom. The van der Waals surface area contributed by atoms with E-state index in [4.69, 9.17) is 11.0 Å². The van der Waals surface area contributed by atoms with Gasteiger partial charge in [0.25, 0.3) is 0 Å². The number of nitriles is 1. The summed E-state index contributed by atoms with van der Waals surface area (Å²) >= 11 is 0. The zero-order chi connectivity index (χ0) is 11.6. The van der Waals surface area contributed by atoms with Crippen molar-refractivity contribution in [1.29, 1.82) is 5.26 Å². The third-order valence-corrected chi connectivity index (χ3v) is 3.23. The summed E-state index contributed by atoms with van der Waals surface area (Å²) in [7, 11) is 0. The Morgan fingerprint density at radius 3 is 2.94 bits per heavy atom. The number of pyridine rings is 1. The maximum atomic E-state index is 9.04. The van der Waals surface area contributed by atoms with E-state index in [1.165, 1.54) is 6.42 Å². The minimum absolute atomic E-state index is 0.0991. The third kappa shape index (κ3) is 2.00. The Morgan fingerprint density at radius 2 is 2.38 bits per heavy atom. The smallest absolute Gasteiger partial charge is 0.144 e. The molecular weight excluding hydrogens is 200 g/mol. The van der Waals surface area contributed by atoms with E-state index in [1.54, 1.807) is 6.20 Å². The van der Waals surface area contributed by atoms with Crippen LogP contribution < -0.4 is 11.1 Å². The van der Waals surface area contributed by atoms with Crippen molar-refractivity contribution >= 4 is 5.82 Å². The molecular formula is C12H16N4. The Bertz CT molecular complexity index is 429. The van der Waals surface area contributed by atoms with Crippen molar-refractivity contribution in [2.24, 2.45) is 5.73 Å². The minimum Gasteiger partial charge on any atom is -0.367 e. The SMILES string of the molecule is Cc1ccnc(NCC2(N)CCC2)c1C#N. The number of hydrogen-bond acceptors (Lipinski definition) is 4. The van der Waals surface area contributed by atoms with Crippen molar-refractivity contribution in [2.45, 2.75) is 31.7 Å². The zero-order valence-electron chi connectivity index (χ0n) is 9.45. The molecule has 0 unspecified atom stereocenters. The Hall–Kier alpha value is -1.60. The van der Waals surface area contributed by atoms with Gasteiger partial charge in [-0.2, -0.15) is 5.26 Å². The molecule has 0 bridgehead atoms. The molecule has 0 aromatic carbocycles. The van der Waals surface area contributed by atoms with Gasteiger partial charge in [-0.15, -0.1) is 0 Å². The van der Waals surface area contributed by atoms with Gasteiger partial charge >= 0.3 is 0 Å². The molecule has 1 heterocycles. The van der Waals surface area contributed by atoms with Gasteiger partial charge in [-0.05, 0) is 37.8 Å². The highest BCUT2D eigenvalue weighted by Gasteiger charge is 2.32. The van der Waals surface area contributed by atoms with E-state index in [1.807, 2.05) is 13.0 Å². The van der Waals surface area contributed by atoms with Crippen LogP contribution >= 0.6 is 0 Å². The molecule has 3 N–H and O–H groups in total. The van der Waals surface area contributed by atoms with Gasteiger partial charge in [-0.3, -0.25) is 0 Å². The highest BCUT2D eigenvalue weighted by atomic mass is 15.0. The molecule has 1 aromatic heterocycles. The molecule has 1 aliphatic carbocycles. The second-order valence-corrected chi connectivity index (χ2v) is 4.53. The highest BCUT2D eigenvalue weighted by Crippen LogP contribution is 2.29. The van der Waals surface area contributed by atoms with Crippen molar-refractivity contribution in [3.05, 3.63) is 23.4 Å². The largest absolute Gasteiger partial charge is 0.367 e. The Balaban J connectivity index is 2.10. The van der Waals surface area contributed by atoms with Crippen LogP contribution in [0.4, 0.5) is 5.82 Å². The standard InChI is InChI=1S/C12H16N4/c1-9-3-6-15-11(10(9)7-13)16-8-12(14)4-2-5-12/h3,6H,2,4-5,8,14H2,1H3,(H,15,16). The Labute approximate surface area is 95.5 Å². The van der Waals surface area contributed by atoms with Crippen LogP contribution in [0.3, 0.4) is 0 Å². The van der Waals surface area contributed by atoms with E-state index in [-0.39, 0.29) is 5.54 Å². The second-order valence-electron chi connectivity index (χ2n) is 4.53. The maximum Gasteiger partial charge on any atom is 0.144 e. The fourth-order valence-electron chi connectivity index (χ4n) is 1.90. The van der Waals surface area contributed by atoms with Crippen LogP contribution in [0.1, 0.15) is 30.4 Å². The third-order valence-electron chi connectivity index (χ3n) is 3.23. The first kappa shape index (κ1) is 10.9. The van der Waals surface area contributed by atoms with Gasteiger partial charge in [0.2, 0.25) is 0 Å². The summed E-state index contributed by atoms with van der Waals surface area (Å²) in [6.45, 7) is 2.60. The van der Waals surface area contributed by atoms with Crippen LogP contribution in [0.2, 0.25) is 0 Å². The number of nitrogens with one attached hydrogen (secondary N) is 1. The summed E-state index contributed by atoms with van der Waals surface area (Å²) in [4.78, 5) is 4.18. The summed E-state index contributed by atoms with van der Waals surface area (Å²) in [5.74, 6) is 0.652. The van der Waals surface area contributed by atoms with Crippen LogP contribution in [-0.2, 0) is 0 Å². The summed E-state index contributed by atoms with van der Waals surface area (Å²) in [5, 5.41) is 12.2. The topological polar surface area (TPSA) is 74.7 Å². The molecule has 1 fully saturated rings. The molecule has 4 heteroatoms. The number of nitrogens with zero attached hydrogens (tertiary/aromatic N) is 2. The van der Waals surface area contributed by atoms with Crippen LogP contribution in [-0.4, -0.2) is 17.1 Å². The Kier molecular flexibility index (Phi) is 2.80. The molecule has 16 heavy (non-hydrogen) atoms. The normalized spacial score (nSPS) is 17.3. The number of rotatable bonds is 3. The predicted molar refractivity (Wildman–Crippen MR) is 62.9 cm³/mol. The lowest BCUT2D eigenvalue weighted by Crippen LogP contribution is -2.52. The lowest BCUT2D eigenvalue weighted by molar-refractivity contribution is 0.265. The van der Waals surface area contributed by atoms with Crippen LogP contribution in [0.5, 0.6) is 0 Å². The fraction of sp³-hybridized carbons (Fsp3) is 0.500. The molecule has 2 rings (SSSR count). The number of aromatic nitrogens is 1.